The summed E-state index contributed by atoms with van der Waals surface area (Å²) in [5, 5.41) is 3.33. The van der Waals surface area contributed by atoms with E-state index in [1.807, 2.05) is 39.8 Å². The standard InChI is InChI=1S/C10H14N2OS.2C2H6/c14-13-10-3-1-9(2-4-10)12-7-5-11-6-8-12;2*1-2/h1-4,11,14H,5-8H2;2*1-2H3. The molecule has 0 aromatic heterocycles. The van der Waals surface area contributed by atoms with Gasteiger partial charge in [-0.3, -0.25) is 0 Å². The minimum absolute atomic E-state index is 0.784. The van der Waals surface area contributed by atoms with Gasteiger partial charge in [0.15, 0.2) is 0 Å². The third-order valence-electron chi connectivity index (χ3n) is 2.42. The highest BCUT2D eigenvalue weighted by Gasteiger charge is 2.09. The number of hydrogen-bond donors (Lipinski definition) is 2. The van der Waals surface area contributed by atoms with Crippen LogP contribution in [0.5, 0.6) is 5.75 Å². The number of thiol groups is 1. The minimum atomic E-state index is 0.784. The number of anilines is 1. The van der Waals surface area contributed by atoms with Crippen molar-refractivity contribution in [3.63, 3.8) is 0 Å². The highest BCUT2D eigenvalue weighted by Crippen LogP contribution is 2.20. The Bertz CT molecular complexity index is 284. The Hall–Kier alpha value is -0.870. The second-order valence-corrected chi connectivity index (χ2v) is 3.50. The molecule has 0 aliphatic carbocycles. The van der Waals surface area contributed by atoms with Crippen LogP contribution in [-0.4, -0.2) is 26.2 Å². The maximum absolute atomic E-state index is 4.82. The van der Waals surface area contributed by atoms with Crippen molar-refractivity contribution in [3.8, 4) is 5.75 Å². The zero-order valence-corrected chi connectivity index (χ0v) is 12.8. The van der Waals surface area contributed by atoms with Crippen molar-refractivity contribution in [2.24, 2.45) is 0 Å². The average molecular weight is 270 g/mol. The maximum Gasteiger partial charge on any atom is 0.137 e. The third-order valence-corrected chi connectivity index (χ3v) is 2.64. The van der Waals surface area contributed by atoms with Crippen molar-refractivity contribution >= 4 is 18.6 Å². The molecule has 2 rings (SSSR count). The van der Waals surface area contributed by atoms with E-state index in [4.69, 9.17) is 4.18 Å². The van der Waals surface area contributed by atoms with E-state index in [0.717, 1.165) is 31.9 Å². The quantitative estimate of drug-likeness (QED) is 0.636. The van der Waals surface area contributed by atoms with Crippen molar-refractivity contribution < 1.29 is 4.18 Å². The molecule has 18 heavy (non-hydrogen) atoms. The number of nitrogens with zero attached hydrogens (tertiary/aromatic N) is 1. The summed E-state index contributed by atoms with van der Waals surface area (Å²) in [5.41, 5.74) is 1.25. The molecular weight excluding hydrogens is 244 g/mol. The first-order chi connectivity index (χ1) is 8.90. The van der Waals surface area contributed by atoms with Crippen LogP contribution in [-0.2, 0) is 0 Å². The monoisotopic (exact) mass is 270 g/mol. The van der Waals surface area contributed by atoms with Gasteiger partial charge in [0.25, 0.3) is 0 Å². The van der Waals surface area contributed by atoms with E-state index in [-0.39, 0.29) is 0 Å². The summed E-state index contributed by atoms with van der Waals surface area (Å²) in [6.45, 7) is 12.3. The molecule has 1 N–H and O–H groups in total. The fourth-order valence-corrected chi connectivity index (χ4v) is 1.76. The van der Waals surface area contributed by atoms with Crippen molar-refractivity contribution in [1.82, 2.24) is 5.32 Å². The van der Waals surface area contributed by atoms with E-state index in [9.17, 15) is 0 Å². The molecule has 1 fully saturated rings. The highest BCUT2D eigenvalue weighted by molar-refractivity contribution is 7.75. The summed E-state index contributed by atoms with van der Waals surface area (Å²) in [5.74, 6) is 0.784. The second-order valence-electron chi connectivity index (χ2n) is 3.32. The van der Waals surface area contributed by atoms with Crippen LogP contribution >= 0.6 is 12.9 Å². The van der Waals surface area contributed by atoms with Crippen LogP contribution < -0.4 is 14.4 Å². The van der Waals surface area contributed by atoms with Crippen molar-refractivity contribution in [2.75, 3.05) is 31.1 Å². The molecule has 0 saturated carbocycles. The SMILES string of the molecule is CC.CC.SOc1ccc(N2CCNCC2)cc1. The van der Waals surface area contributed by atoms with Crippen LogP contribution in [0, 0.1) is 0 Å². The predicted octanol–water partition coefficient (Wildman–Crippen LogP) is 3.37. The van der Waals surface area contributed by atoms with E-state index >= 15 is 0 Å². The maximum atomic E-state index is 4.82. The lowest BCUT2D eigenvalue weighted by Crippen LogP contribution is -2.43. The molecule has 0 spiro atoms. The van der Waals surface area contributed by atoms with Gasteiger partial charge in [-0.2, -0.15) is 0 Å². The molecule has 0 bridgehead atoms. The van der Waals surface area contributed by atoms with E-state index in [2.05, 4.69) is 35.3 Å². The van der Waals surface area contributed by atoms with Crippen LogP contribution in [0.25, 0.3) is 0 Å². The summed E-state index contributed by atoms with van der Waals surface area (Å²) in [6, 6.07) is 8.00. The molecule has 1 aromatic carbocycles. The third kappa shape index (κ3) is 5.65. The summed E-state index contributed by atoms with van der Waals surface area (Å²) >= 11 is 3.75. The topological polar surface area (TPSA) is 24.5 Å². The van der Waals surface area contributed by atoms with E-state index < -0.39 is 0 Å². The molecule has 4 heteroatoms. The van der Waals surface area contributed by atoms with Gasteiger partial charge in [-0.1, -0.05) is 27.7 Å². The van der Waals surface area contributed by atoms with Gasteiger partial charge < -0.3 is 14.4 Å². The zero-order chi connectivity index (χ0) is 13.8. The molecule has 1 saturated heterocycles. The first-order valence-corrected chi connectivity index (χ1v) is 7.14. The van der Waals surface area contributed by atoms with Crippen LogP contribution in [0.4, 0.5) is 5.69 Å². The number of hydrogen-bond acceptors (Lipinski definition) is 4. The largest absolute Gasteiger partial charge is 0.429 e. The summed E-state index contributed by atoms with van der Waals surface area (Å²) in [4.78, 5) is 2.36. The van der Waals surface area contributed by atoms with Gasteiger partial charge >= 0.3 is 0 Å². The molecule has 0 radical (unpaired) electrons. The molecule has 3 nitrogen and oxygen atoms in total. The average Bonchev–Trinajstić information content (AvgIpc) is 2.52. The Morgan fingerprint density at radius 1 is 1.00 bits per heavy atom. The Morgan fingerprint density at radius 2 is 1.50 bits per heavy atom. The van der Waals surface area contributed by atoms with Crippen molar-refractivity contribution in [2.45, 2.75) is 27.7 Å². The van der Waals surface area contributed by atoms with Crippen molar-refractivity contribution in [1.29, 1.82) is 0 Å². The molecule has 0 unspecified atom stereocenters. The molecule has 1 aromatic rings. The Balaban J connectivity index is 0.000000659. The van der Waals surface area contributed by atoms with Gasteiger partial charge in [0.2, 0.25) is 0 Å². The molecule has 1 aliphatic rings. The molecule has 0 atom stereocenters. The van der Waals surface area contributed by atoms with Crippen LogP contribution in [0.1, 0.15) is 27.7 Å². The molecule has 1 aliphatic heterocycles. The van der Waals surface area contributed by atoms with Crippen molar-refractivity contribution in [3.05, 3.63) is 24.3 Å². The first kappa shape index (κ1) is 17.1. The van der Waals surface area contributed by atoms with Gasteiger partial charge in [0.05, 0.1) is 0 Å². The fourth-order valence-electron chi connectivity index (χ4n) is 1.64. The fraction of sp³-hybridized carbons (Fsp3) is 0.571. The minimum Gasteiger partial charge on any atom is -0.429 e. The lowest BCUT2D eigenvalue weighted by molar-refractivity contribution is 0.588. The van der Waals surface area contributed by atoms with Gasteiger partial charge in [-0.05, 0) is 24.3 Å². The number of piperazine rings is 1. The zero-order valence-electron chi connectivity index (χ0n) is 11.9. The number of benzene rings is 1. The second kappa shape index (κ2) is 11.2. The normalized spacial score (nSPS) is 13.7. The van der Waals surface area contributed by atoms with Gasteiger partial charge in [-0.25, -0.2) is 0 Å². The summed E-state index contributed by atoms with van der Waals surface area (Å²) in [7, 11) is 0. The Morgan fingerprint density at radius 3 is 1.94 bits per heavy atom. The first-order valence-electron chi connectivity index (χ1n) is 6.77. The smallest absolute Gasteiger partial charge is 0.137 e. The van der Waals surface area contributed by atoms with Gasteiger partial charge in [-0.15, -0.1) is 0 Å². The lowest BCUT2D eigenvalue weighted by atomic mass is 10.2. The predicted molar refractivity (Wildman–Crippen MR) is 83.8 cm³/mol. The summed E-state index contributed by atoms with van der Waals surface area (Å²) in [6.07, 6.45) is 0. The molecule has 0 amide bonds. The number of rotatable bonds is 2. The molecular formula is C14H26N2OS. The number of nitrogens with one attached hydrogen (secondary N) is 1. The highest BCUT2D eigenvalue weighted by atomic mass is 32.1. The van der Waals surface area contributed by atoms with E-state index in [0.29, 0.717) is 0 Å². The van der Waals surface area contributed by atoms with Crippen LogP contribution in [0.3, 0.4) is 0 Å². The van der Waals surface area contributed by atoms with Crippen LogP contribution in [0.15, 0.2) is 24.3 Å². The van der Waals surface area contributed by atoms with E-state index in [1.54, 1.807) is 0 Å². The lowest BCUT2D eigenvalue weighted by Gasteiger charge is -2.29. The van der Waals surface area contributed by atoms with E-state index in [1.165, 1.54) is 5.69 Å². The Labute approximate surface area is 117 Å². The summed E-state index contributed by atoms with van der Waals surface area (Å²) < 4.78 is 4.82. The van der Waals surface area contributed by atoms with Gasteiger partial charge in [0, 0.05) is 44.8 Å². The molecule has 104 valence electrons. The van der Waals surface area contributed by atoms with Gasteiger partial charge in [0.1, 0.15) is 5.75 Å². The molecule has 1 heterocycles. The Kier molecular flexibility index (Phi) is 10.7. The van der Waals surface area contributed by atoms with Crippen LogP contribution in [0.2, 0.25) is 0 Å².